The lowest BCUT2D eigenvalue weighted by Gasteiger charge is -2.34. The van der Waals surface area contributed by atoms with Crippen molar-refractivity contribution in [3.05, 3.63) is 60.8 Å². The first kappa shape index (κ1) is 34.3. The summed E-state index contributed by atoms with van der Waals surface area (Å²) in [5.74, 6) is -1.91. The number of carbonyl (C=O) groups is 3. The lowest BCUT2D eigenvalue weighted by atomic mass is 9.82. The van der Waals surface area contributed by atoms with Crippen molar-refractivity contribution in [2.45, 2.75) is 79.3 Å². The number of hydrogen-bond donors (Lipinski definition) is 0. The molecule has 1 aliphatic rings. The molecule has 7 heteroatoms. The number of allylic oxidation sites excluding steroid dienone is 5. The van der Waals surface area contributed by atoms with Crippen LogP contribution in [0.25, 0.3) is 0 Å². The number of carbonyl (C=O) groups excluding carboxylic acids is 3. The molecular formula is C32H48O7. The molecule has 0 aromatic rings. The first-order valence-electron chi connectivity index (χ1n) is 13.8. The molecule has 0 aromatic carbocycles. The zero-order valence-corrected chi connectivity index (χ0v) is 25.0. The third-order valence-electron chi connectivity index (χ3n) is 7.53. The molecule has 1 heterocycles. The predicted molar refractivity (Wildman–Crippen MR) is 154 cm³/mol. The van der Waals surface area contributed by atoms with E-state index in [1.165, 1.54) is 12.2 Å². The highest BCUT2D eigenvalue weighted by Crippen LogP contribution is 2.28. The van der Waals surface area contributed by atoms with Crippen LogP contribution in [0.5, 0.6) is 0 Å². The summed E-state index contributed by atoms with van der Waals surface area (Å²) in [5, 5.41) is 0. The Morgan fingerprint density at radius 2 is 1.46 bits per heavy atom. The quantitative estimate of drug-likeness (QED) is 0.253. The van der Waals surface area contributed by atoms with Crippen LogP contribution in [-0.2, 0) is 33.3 Å². The molecule has 1 aliphatic heterocycles. The van der Waals surface area contributed by atoms with Gasteiger partial charge in [0.15, 0.2) is 5.78 Å². The smallest absolute Gasteiger partial charge is 0.331 e. The predicted octanol–water partition coefficient (Wildman–Crippen LogP) is 5.81. The molecule has 1 rings (SSSR count). The van der Waals surface area contributed by atoms with E-state index < -0.39 is 30.1 Å². The van der Waals surface area contributed by atoms with E-state index >= 15 is 0 Å². The Kier molecular flexibility index (Phi) is 15.6. The lowest BCUT2D eigenvalue weighted by Crippen LogP contribution is -2.42. The van der Waals surface area contributed by atoms with Gasteiger partial charge >= 0.3 is 11.9 Å². The molecule has 0 spiro atoms. The van der Waals surface area contributed by atoms with Crippen LogP contribution in [0.2, 0.25) is 0 Å². The minimum absolute atomic E-state index is 0.00219. The highest BCUT2D eigenvalue weighted by Gasteiger charge is 2.36. The van der Waals surface area contributed by atoms with Crippen LogP contribution >= 0.6 is 0 Å². The van der Waals surface area contributed by atoms with E-state index in [1.807, 2.05) is 59.8 Å². The molecule has 218 valence electrons. The van der Waals surface area contributed by atoms with Gasteiger partial charge in [0.05, 0.1) is 12.2 Å². The molecule has 0 amide bonds. The largest absolute Gasteiger partial charge is 0.459 e. The maximum Gasteiger partial charge on any atom is 0.331 e. The number of cyclic esters (lactones) is 2. The third kappa shape index (κ3) is 11.5. The monoisotopic (exact) mass is 544 g/mol. The third-order valence-corrected chi connectivity index (χ3v) is 7.53. The maximum absolute atomic E-state index is 13.1. The van der Waals surface area contributed by atoms with Gasteiger partial charge < -0.3 is 18.9 Å². The second-order valence-corrected chi connectivity index (χ2v) is 10.4. The molecule has 0 aliphatic carbocycles. The fourth-order valence-corrected chi connectivity index (χ4v) is 4.60. The molecule has 0 aromatic heterocycles. The standard InChI is InChI=1S/C32H48O7/c1-10-27(26(7)36-8)19-20-28(33)23(4)32(37-9)24(5)31-22(3)16-12-14-17-29(34)38-25(6)21(2)15-11-13-18-30(35)39-31/h11-27,31-32H,10H2,1-9H3/b15-11+,16-12+,17-14+,18-13+,20-19+. The minimum atomic E-state index is -0.587. The molecule has 0 fully saturated rings. The average molecular weight is 545 g/mol. The van der Waals surface area contributed by atoms with Gasteiger partial charge in [-0.1, -0.05) is 77.2 Å². The summed E-state index contributed by atoms with van der Waals surface area (Å²) >= 11 is 0. The van der Waals surface area contributed by atoms with Gasteiger partial charge in [0.25, 0.3) is 0 Å². The Bertz CT molecular complexity index is 929. The first-order chi connectivity index (χ1) is 18.5. The number of methoxy groups -OCH3 is 2. The van der Waals surface area contributed by atoms with Crippen molar-refractivity contribution in [2.24, 2.45) is 29.6 Å². The molecule has 9 unspecified atom stereocenters. The lowest BCUT2D eigenvalue weighted by molar-refractivity contribution is -0.152. The van der Waals surface area contributed by atoms with Crippen LogP contribution in [0, 0.1) is 29.6 Å². The summed E-state index contributed by atoms with van der Waals surface area (Å²) < 4.78 is 22.6. The van der Waals surface area contributed by atoms with Crippen LogP contribution in [0.3, 0.4) is 0 Å². The summed E-state index contributed by atoms with van der Waals surface area (Å²) in [7, 11) is 3.23. The van der Waals surface area contributed by atoms with Crippen LogP contribution in [0.4, 0.5) is 0 Å². The average Bonchev–Trinajstić information content (AvgIpc) is 2.91. The molecule has 9 atom stereocenters. The van der Waals surface area contributed by atoms with E-state index in [4.69, 9.17) is 18.9 Å². The van der Waals surface area contributed by atoms with E-state index in [9.17, 15) is 14.4 Å². The summed E-state index contributed by atoms with van der Waals surface area (Å²) in [6.07, 6.45) is 16.1. The maximum atomic E-state index is 13.1. The van der Waals surface area contributed by atoms with Gasteiger partial charge in [0, 0.05) is 56.0 Å². The van der Waals surface area contributed by atoms with Crippen molar-refractivity contribution in [2.75, 3.05) is 14.2 Å². The Morgan fingerprint density at radius 3 is 2.00 bits per heavy atom. The van der Waals surface area contributed by atoms with Gasteiger partial charge in [-0.05, 0) is 26.3 Å². The molecule has 0 saturated heterocycles. The first-order valence-corrected chi connectivity index (χ1v) is 13.8. The number of rotatable bonds is 10. The van der Waals surface area contributed by atoms with Gasteiger partial charge in [0.1, 0.15) is 12.2 Å². The SMILES string of the molecule is CCC(/C=C/C(=O)C(C)C(OC)C(C)C1OC(=O)/C=C/C=C/C(C)C(C)OC(=O)/C=C/C=C/C1C)C(C)OC. The van der Waals surface area contributed by atoms with Crippen molar-refractivity contribution in [3.63, 3.8) is 0 Å². The van der Waals surface area contributed by atoms with Crippen molar-refractivity contribution < 1.29 is 33.3 Å². The van der Waals surface area contributed by atoms with Crippen molar-refractivity contribution in [1.82, 2.24) is 0 Å². The molecule has 0 bridgehead atoms. The van der Waals surface area contributed by atoms with Gasteiger partial charge in [-0.25, -0.2) is 9.59 Å². The van der Waals surface area contributed by atoms with Crippen LogP contribution < -0.4 is 0 Å². The molecule has 0 N–H and O–H groups in total. The number of hydrogen-bond acceptors (Lipinski definition) is 7. The molecule has 0 saturated carbocycles. The van der Waals surface area contributed by atoms with Gasteiger partial charge in [-0.15, -0.1) is 0 Å². The van der Waals surface area contributed by atoms with E-state index in [1.54, 1.807) is 44.6 Å². The zero-order valence-electron chi connectivity index (χ0n) is 25.0. The van der Waals surface area contributed by atoms with Gasteiger partial charge in [0.2, 0.25) is 0 Å². The number of ether oxygens (including phenoxy) is 4. The number of esters is 2. The Balaban J connectivity index is 3.22. The highest BCUT2D eigenvalue weighted by molar-refractivity contribution is 5.92. The Hall–Kier alpha value is -2.77. The van der Waals surface area contributed by atoms with E-state index in [0.29, 0.717) is 0 Å². The van der Waals surface area contributed by atoms with Crippen LogP contribution in [0.15, 0.2) is 60.8 Å². The molecule has 7 nitrogen and oxygen atoms in total. The Labute approximate surface area is 235 Å². The van der Waals surface area contributed by atoms with E-state index in [-0.39, 0.29) is 41.7 Å². The van der Waals surface area contributed by atoms with Crippen LogP contribution in [0.1, 0.15) is 54.9 Å². The van der Waals surface area contributed by atoms with Crippen LogP contribution in [-0.4, -0.2) is 56.4 Å². The fourth-order valence-electron chi connectivity index (χ4n) is 4.60. The Morgan fingerprint density at radius 1 is 0.897 bits per heavy atom. The van der Waals surface area contributed by atoms with E-state index in [2.05, 4.69) is 6.92 Å². The minimum Gasteiger partial charge on any atom is -0.459 e. The normalized spacial score (nSPS) is 30.3. The van der Waals surface area contributed by atoms with Crippen molar-refractivity contribution >= 4 is 17.7 Å². The fraction of sp³-hybridized carbons (Fsp3) is 0.594. The second-order valence-electron chi connectivity index (χ2n) is 10.4. The van der Waals surface area contributed by atoms with E-state index in [0.717, 1.165) is 6.42 Å². The molecule has 39 heavy (non-hydrogen) atoms. The van der Waals surface area contributed by atoms with Gasteiger partial charge in [-0.3, -0.25) is 4.79 Å². The van der Waals surface area contributed by atoms with Crippen molar-refractivity contribution in [3.8, 4) is 0 Å². The second kappa shape index (κ2) is 17.7. The summed E-state index contributed by atoms with van der Waals surface area (Å²) in [5.41, 5.74) is 0. The zero-order chi connectivity index (χ0) is 29.5. The highest BCUT2D eigenvalue weighted by atomic mass is 16.5. The molecular weight excluding hydrogens is 496 g/mol. The topological polar surface area (TPSA) is 88.1 Å². The molecule has 0 radical (unpaired) electrons. The van der Waals surface area contributed by atoms with Crippen molar-refractivity contribution in [1.29, 1.82) is 0 Å². The number of ketones is 1. The summed E-state index contributed by atoms with van der Waals surface area (Å²) in [6.45, 7) is 13.5. The summed E-state index contributed by atoms with van der Waals surface area (Å²) in [6, 6.07) is 0. The summed E-state index contributed by atoms with van der Waals surface area (Å²) in [4.78, 5) is 38.0. The van der Waals surface area contributed by atoms with Gasteiger partial charge in [-0.2, -0.15) is 0 Å².